The van der Waals surface area contributed by atoms with E-state index in [1.54, 1.807) is 18.2 Å². The Bertz CT molecular complexity index is 744. The van der Waals surface area contributed by atoms with Gasteiger partial charge in [-0.05, 0) is 31.5 Å². The number of methoxy groups -OCH3 is 1. The topological polar surface area (TPSA) is 88.1 Å². The van der Waals surface area contributed by atoms with Crippen molar-refractivity contribution in [3.63, 3.8) is 0 Å². The van der Waals surface area contributed by atoms with Crippen molar-refractivity contribution in [1.82, 2.24) is 0 Å². The van der Waals surface area contributed by atoms with Gasteiger partial charge in [-0.3, -0.25) is 4.79 Å². The van der Waals surface area contributed by atoms with Crippen molar-refractivity contribution in [2.24, 2.45) is 0 Å². The number of nitrogen functional groups attached to an aromatic ring is 1. The van der Waals surface area contributed by atoms with Gasteiger partial charge < -0.3 is 15.8 Å². The zero-order valence-corrected chi connectivity index (χ0v) is 12.8. The number of amides is 1. The summed E-state index contributed by atoms with van der Waals surface area (Å²) in [7, 11) is 1.48. The van der Waals surface area contributed by atoms with Crippen LogP contribution in [0.25, 0.3) is 0 Å². The number of rotatable bonds is 3. The number of hydrogen-bond donors (Lipinski definition) is 2. The highest BCUT2D eigenvalue weighted by Crippen LogP contribution is 2.32. The standard InChI is InChI=1S/C15H15N3O2S/c1-8-9(2)21-15(12(8)7-16)18-14(19)11-5-4-10(17)6-13(11)20-3/h4-6H,17H2,1-3H3,(H,18,19). The summed E-state index contributed by atoms with van der Waals surface area (Å²) in [4.78, 5) is 13.4. The molecule has 0 bridgehead atoms. The molecule has 6 heteroatoms. The van der Waals surface area contributed by atoms with Crippen molar-refractivity contribution in [3.8, 4) is 11.8 Å². The van der Waals surface area contributed by atoms with Crippen LogP contribution in [-0.4, -0.2) is 13.0 Å². The third-order valence-corrected chi connectivity index (χ3v) is 4.32. The summed E-state index contributed by atoms with van der Waals surface area (Å²) in [5, 5.41) is 12.5. The molecule has 3 N–H and O–H groups in total. The van der Waals surface area contributed by atoms with Crippen LogP contribution in [0.15, 0.2) is 18.2 Å². The summed E-state index contributed by atoms with van der Waals surface area (Å²) in [6, 6.07) is 6.94. The largest absolute Gasteiger partial charge is 0.496 e. The van der Waals surface area contributed by atoms with Crippen molar-refractivity contribution in [2.45, 2.75) is 13.8 Å². The maximum Gasteiger partial charge on any atom is 0.260 e. The van der Waals surface area contributed by atoms with Crippen molar-refractivity contribution in [1.29, 1.82) is 5.26 Å². The smallest absolute Gasteiger partial charge is 0.260 e. The first-order valence-electron chi connectivity index (χ1n) is 6.23. The number of carbonyl (C=O) groups excluding carboxylic acids is 1. The molecule has 0 atom stereocenters. The number of thiophene rings is 1. The first-order chi connectivity index (χ1) is 9.97. The molecule has 0 fully saturated rings. The number of nitrogens with two attached hydrogens (primary N) is 1. The average molecular weight is 301 g/mol. The average Bonchev–Trinajstić information content (AvgIpc) is 2.72. The molecule has 0 saturated carbocycles. The molecule has 2 aromatic rings. The van der Waals surface area contributed by atoms with Crippen LogP contribution >= 0.6 is 11.3 Å². The van der Waals surface area contributed by atoms with E-state index in [9.17, 15) is 10.1 Å². The van der Waals surface area contributed by atoms with E-state index in [1.807, 2.05) is 13.8 Å². The first kappa shape index (κ1) is 14.9. The van der Waals surface area contributed by atoms with Gasteiger partial charge in [0.2, 0.25) is 0 Å². The number of anilines is 2. The highest BCUT2D eigenvalue weighted by Gasteiger charge is 2.18. The summed E-state index contributed by atoms with van der Waals surface area (Å²) >= 11 is 1.39. The van der Waals surface area contributed by atoms with Crippen molar-refractivity contribution in [2.75, 3.05) is 18.2 Å². The number of aryl methyl sites for hydroxylation is 1. The summed E-state index contributed by atoms with van der Waals surface area (Å²) in [5.41, 5.74) is 7.95. The van der Waals surface area contributed by atoms with Gasteiger partial charge >= 0.3 is 0 Å². The van der Waals surface area contributed by atoms with E-state index in [0.717, 1.165) is 10.4 Å². The number of carbonyl (C=O) groups is 1. The van der Waals surface area contributed by atoms with Crippen molar-refractivity contribution < 1.29 is 9.53 Å². The van der Waals surface area contributed by atoms with Crippen LogP contribution in [0, 0.1) is 25.2 Å². The SMILES string of the molecule is COc1cc(N)ccc1C(=O)Nc1sc(C)c(C)c1C#N. The fraction of sp³-hybridized carbons (Fsp3) is 0.200. The second-order valence-electron chi connectivity index (χ2n) is 4.51. The fourth-order valence-electron chi connectivity index (χ4n) is 1.92. The van der Waals surface area contributed by atoms with Gasteiger partial charge in [-0.2, -0.15) is 5.26 Å². The highest BCUT2D eigenvalue weighted by atomic mass is 32.1. The molecule has 108 valence electrons. The van der Waals surface area contributed by atoms with Crippen LogP contribution < -0.4 is 15.8 Å². The Labute approximate surface area is 127 Å². The molecule has 0 unspecified atom stereocenters. The Morgan fingerprint density at radius 1 is 1.43 bits per heavy atom. The number of hydrogen-bond acceptors (Lipinski definition) is 5. The summed E-state index contributed by atoms with van der Waals surface area (Å²) in [6.45, 7) is 3.78. The zero-order chi connectivity index (χ0) is 15.6. The van der Waals surface area contributed by atoms with Crippen LogP contribution in [0.1, 0.15) is 26.4 Å². The summed E-state index contributed by atoms with van der Waals surface area (Å²) in [6.07, 6.45) is 0. The molecule has 5 nitrogen and oxygen atoms in total. The lowest BCUT2D eigenvalue weighted by Gasteiger charge is -2.09. The van der Waals surface area contributed by atoms with Gasteiger partial charge in [0.25, 0.3) is 5.91 Å². The van der Waals surface area contributed by atoms with Crippen LogP contribution in [0.4, 0.5) is 10.7 Å². The van der Waals surface area contributed by atoms with Gasteiger partial charge in [0.15, 0.2) is 0 Å². The summed E-state index contributed by atoms with van der Waals surface area (Å²) in [5.74, 6) is 0.0700. The van der Waals surface area contributed by atoms with E-state index in [2.05, 4.69) is 11.4 Å². The molecule has 0 spiro atoms. The maximum atomic E-state index is 12.4. The van der Waals surface area contributed by atoms with Gasteiger partial charge in [-0.15, -0.1) is 11.3 Å². The molecule has 21 heavy (non-hydrogen) atoms. The second-order valence-corrected chi connectivity index (χ2v) is 5.74. The molecular formula is C15H15N3O2S. The van der Waals surface area contributed by atoms with Crippen molar-refractivity contribution in [3.05, 3.63) is 39.8 Å². The van der Waals surface area contributed by atoms with Gasteiger partial charge in [0, 0.05) is 16.6 Å². The number of nitrogens with one attached hydrogen (secondary N) is 1. The van der Waals surface area contributed by atoms with E-state index in [1.165, 1.54) is 18.4 Å². The Morgan fingerprint density at radius 2 is 2.14 bits per heavy atom. The molecule has 1 heterocycles. The monoisotopic (exact) mass is 301 g/mol. The minimum Gasteiger partial charge on any atom is -0.496 e. The number of nitriles is 1. The minimum atomic E-state index is -0.329. The molecular weight excluding hydrogens is 286 g/mol. The zero-order valence-electron chi connectivity index (χ0n) is 12.0. The molecule has 0 radical (unpaired) electrons. The quantitative estimate of drug-likeness (QED) is 0.853. The summed E-state index contributed by atoms with van der Waals surface area (Å²) < 4.78 is 5.17. The van der Waals surface area contributed by atoms with Crippen molar-refractivity contribution >= 4 is 27.9 Å². The van der Waals surface area contributed by atoms with E-state index in [-0.39, 0.29) is 5.91 Å². The van der Waals surface area contributed by atoms with E-state index in [0.29, 0.717) is 27.6 Å². The number of benzene rings is 1. The molecule has 1 aromatic heterocycles. The molecule has 0 aliphatic rings. The maximum absolute atomic E-state index is 12.4. The molecule has 0 aliphatic carbocycles. The Kier molecular flexibility index (Phi) is 4.15. The van der Waals surface area contributed by atoms with Gasteiger partial charge in [0.1, 0.15) is 16.8 Å². The fourth-order valence-corrected chi connectivity index (χ4v) is 2.92. The Balaban J connectivity index is 2.35. The third kappa shape index (κ3) is 2.83. The molecule has 1 aromatic carbocycles. The van der Waals surface area contributed by atoms with Crippen LogP contribution in [0.2, 0.25) is 0 Å². The van der Waals surface area contributed by atoms with Crippen LogP contribution in [0.5, 0.6) is 5.75 Å². The highest BCUT2D eigenvalue weighted by molar-refractivity contribution is 7.16. The molecule has 0 aliphatic heterocycles. The lowest BCUT2D eigenvalue weighted by Crippen LogP contribution is -2.13. The third-order valence-electron chi connectivity index (χ3n) is 3.19. The Hall–Kier alpha value is -2.52. The van der Waals surface area contributed by atoms with E-state index >= 15 is 0 Å². The minimum absolute atomic E-state index is 0.329. The first-order valence-corrected chi connectivity index (χ1v) is 7.04. The van der Waals surface area contributed by atoms with Gasteiger partial charge in [0.05, 0.1) is 18.2 Å². The van der Waals surface area contributed by atoms with Crippen LogP contribution in [-0.2, 0) is 0 Å². The number of nitrogens with zero attached hydrogens (tertiary/aromatic N) is 1. The number of ether oxygens (including phenoxy) is 1. The van der Waals surface area contributed by atoms with Crippen LogP contribution in [0.3, 0.4) is 0 Å². The lowest BCUT2D eigenvalue weighted by atomic mass is 10.1. The van der Waals surface area contributed by atoms with Gasteiger partial charge in [-0.1, -0.05) is 0 Å². The Morgan fingerprint density at radius 3 is 2.76 bits per heavy atom. The predicted octanol–water partition coefficient (Wildman–Crippen LogP) is 3.08. The van der Waals surface area contributed by atoms with E-state index in [4.69, 9.17) is 10.5 Å². The molecule has 0 saturated heterocycles. The van der Waals surface area contributed by atoms with E-state index < -0.39 is 0 Å². The molecule has 1 amide bonds. The second kappa shape index (κ2) is 5.85. The lowest BCUT2D eigenvalue weighted by molar-refractivity contribution is 0.102. The normalized spacial score (nSPS) is 10.0. The predicted molar refractivity (Wildman–Crippen MR) is 83.9 cm³/mol. The molecule has 2 rings (SSSR count). The van der Waals surface area contributed by atoms with Gasteiger partial charge in [-0.25, -0.2) is 0 Å².